The van der Waals surface area contributed by atoms with Crippen molar-refractivity contribution in [1.29, 1.82) is 0 Å². The molecule has 1 fully saturated rings. The summed E-state index contributed by atoms with van der Waals surface area (Å²) in [5.41, 5.74) is -1.21. The summed E-state index contributed by atoms with van der Waals surface area (Å²) in [6.45, 7) is 1.27. The number of rotatable bonds is 4. The first-order chi connectivity index (χ1) is 10.4. The summed E-state index contributed by atoms with van der Waals surface area (Å²) in [6.07, 6.45) is -4.63. The summed E-state index contributed by atoms with van der Waals surface area (Å²) in [7, 11) is -0.824. The zero-order valence-electron chi connectivity index (χ0n) is 12.8. The molecule has 0 bridgehead atoms. The van der Waals surface area contributed by atoms with Crippen LogP contribution in [-0.4, -0.2) is 38.9 Å². The molecule has 1 aromatic rings. The number of carbonyl (C=O) groups excluding carboxylic acids is 1. The van der Waals surface area contributed by atoms with Crippen molar-refractivity contribution in [2.45, 2.75) is 24.4 Å². The fraction of sp³-hybridized carbons (Fsp3) is 0.500. The molecule has 5 nitrogen and oxygen atoms in total. The number of carbonyl (C=O) groups is 1. The highest BCUT2D eigenvalue weighted by atomic mass is 32.2. The maximum atomic E-state index is 12.6. The lowest BCUT2D eigenvalue weighted by Gasteiger charge is -2.15. The molecule has 0 spiro atoms. The monoisotopic (exact) mass is 350 g/mol. The van der Waals surface area contributed by atoms with Gasteiger partial charge in [-0.25, -0.2) is 12.7 Å². The molecular formula is C14H17F3N2O3S. The summed E-state index contributed by atoms with van der Waals surface area (Å²) in [6, 6.07) is 5.29. The van der Waals surface area contributed by atoms with Crippen molar-refractivity contribution in [3.63, 3.8) is 0 Å². The minimum Gasteiger partial charge on any atom is -0.326 e. The Hall–Kier alpha value is -1.61. The molecule has 2 rings (SSSR count). The zero-order valence-corrected chi connectivity index (χ0v) is 13.6. The number of nitrogens with one attached hydrogen (secondary N) is 1. The van der Waals surface area contributed by atoms with Gasteiger partial charge in [-0.2, -0.15) is 13.2 Å². The van der Waals surface area contributed by atoms with Crippen molar-refractivity contribution in [2.75, 3.05) is 19.4 Å². The molecule has 1 aliphatic carbocycles. The van der Waals surface area contributed by atoms with Gasteiger partial charge < -0.3 is 5.32 Å². The van der Waals surface area contributed by atoms with Crippen molar-refractivity contribution in [3.05, 3.63) is 24.3 Å². The summed E-state index contributed by atoms with van der Waals surface area (Å²) in [5.74, 6) is -2.36. The van der Waals surface area contributed by atoms with Crippen LogP contribution in [0.2, 0.25) is 0 Å². The van der Waals surface area contributed by atoms with Crippen LogP contribution >= 0.6 is 0 Å². The SMILES string of the molecule is CN(C)S(=O)(=O)c1ccc(NC(=O)C2(C)CC2C(F)(F)F)cc1. The fourth-order valence-corrected chi connectivity index (χ4v) is 3.19. The van der Waals surface area contributed by atoms with Crippen molar-refractivity contribution in [3.8, 4) is 0 Å². The third kappa shape index (κ3) is 3.35. The van der Waals surface area contributed by atoms with Crippen LogP contribution < -0.4 is 5.32 Å². The molecule has 1 saturated carbocycles. The summed E-state index contributed by atoms with van der Waals surface area (Å²) in [5, 5.41) is 2.41. The molecule has 0 radical (unpaired) electrons. The number of hydrogen-bond acceptors (Lipinski definition) is 3. The number of halogens is 3. The highest BCUT2D eigenvalue weighted by Gasteiger charge is 2.67. The molecule has 1 amide bonds. The van der Waals surface area contributed by atoms with Crippen LogP contribution in [0.4, 0.5) is 18.9 Å². The second kappa shape index (κ2) is 5.48. The van der Waals surface area contributed by atoms with Gasteiger partial charge in [-0.05, 0) is 30.7 Å². The number of nitrogens with zero attached hydrogens (tertiary/aromatic N) is 1. The van der Waals surface area contributed by atoms with E-state index < -0.39 is 33.4 Å². The molecule has 2 unspecified atom stereocenters. The van der Waals surface area contributed by atoms with Gasteiger partial charge in [-0.15, -0.1) is 0 Å². The molecule has 128 valence electrons. The van der Waals surface area contributed by atoms with Gasteiger partial charge in [-0.3, -0.25) is 4.79 Å². The van der Waals surface area contributed by atoms with Gasteiger partial charge in [0, 0.05) is 19.8 Å². The van der Waals surface area contributed by atoms with Gasteiger partial charge >= 0.3 is 6.18 Å². The molecule has 23 heavy (non-hydrogen) atoms. The van der Waals surface area contributed by atoms with E-state index in [0.29, 0.717) is 0 Å². The van der Waals surface area contributed by atoms with Crippen LogP contribution in [0, 0.1) is 11.3 Å². The lowest BCUT2D eigenvalue weighted by molar-refractivity contribution is -0.159. The second-order valence-electron chi connectivity index (χ2n) is 5.98. The van der Waals surface area contributed by atoms with Gasteiger partial charge in [0.2, 0.25) is 15.9 Å². The Bertz CT molecular complexity index is 714. The molecule has 0 aliphatic heterocycles. The Balaban J connectivity index is 2.10. The Morgan fingerprint density at radius 2 is 1.78 bits per heavy atom. The van der Waals surface area contributed by atoms with Crippen LogP contribution in [0.15, 0.2) is 29.2 Å². The maximum absolute atomic E-state index is 12.6. The Morgan fingerprint density at radius 3 is 2.17 bits per heavy atom. The minimum atomic E-state index is -4.39. The molecule has 1 aliphatic rings. The van der Waals surface area contributed by atoms with Gasteiger partial charge in [0.1, 0.15) is 0 Å². The second-order valence-corrected chi connectivity index (χ2v) is 8.13. The van der Waals surface area contributed by atoms with E-state index in [4.69, 9.17) is 0 Å². The standard InChI is InChI=1S/C14H17F3N2O3S/c1-13(8-11(13)14(15,16)17)12(20)18-9-4-6-10(7-5-9)23(21,22)19(2)3/h4-7,11H,8H2,1-3H3,(H,18,20). The van der Waals surface area contributed by atoms with Crippen molar-refractivity contribution >= 4 is 21.6 Å². The van der Waals surface area contributed by atoms with Crippen LogP contribution in [-0.2, 0) is 14.8 Å². The van der Waals surface area contributed by atoms with Crippen LogP contribution in [0.25, 0.3) is 0 Å². The number of hydrogen-bond donors (Lipinski definition) is 1. The van der Waals surface area contributed by atoms with Gasteiger partial charge in [0.05, 0.1) is 16.2 Å². The third-order valence-electron chi connectivity index (χ3n) is 4.04. The first kappa shape index (κ1) is 17.7. The summed E-state index contributed by atoms with van der Waals surface area (Å²) in [4.78, 5) is 12.0. The van der Waals surface area contributed by atoms with E-state index in [0.717, 1.165) is 4.31 Å². The molecule has 1 N–H and O–H groups in total. The molecule has 9 heteroatoms. The molecule has 0 heterocycles. The van der Waals surface area contributed by atoms with E-state index in [1.807, 2.05) is 0 Å². The predicted molar refractivity (Wildman–Crippen MR) is 78.2 cm³/mol. The Labute approximate surface area is 132 Å². The van der Waals surface area contributed by atoms with Crippen LogP contribution in [0.5, 0.6) is 0 Å². The van der Waals surface area contributed by atoms with Crippen LogP contribution in [0.3, 0.4) is 0 Å². The Morgan fingerprint density at radius 1 is 1.26 bits per heavy atom. The number of amides is 1. The number of sulfonamides is 1. The first-order valence-electron chi connectivity index (χ1n) is 6.80. The van der Waals surface area contributed by atoms with Crippen molar-refractivity contribution in [1.82, 2.24) is 4.31 Å². The van der Waals surface area contributed by atoms with E-state index in [-0.39, 0.29) is 17.0 Å². The van der Waals surface area contributed by atoms with Gasteiger partial charge in [0.15, 0.2) is 0 Å². The van der Waals surface area contributed by atoms with E-state index in [2.05, 4.69) is 5.32 Å². The zero-order chi connectivity index (χ0) is 17.6. The van der Waals surface area contributed by atoms with E-state index >= 15 is 0 Å². The maximum Gasteiger partial charge on any atom is 0.392 e. The van der Waals surface area contributed by atoms with Crippen LogP contribution in [0.1, 0.15) is 13.3 Å². The van der Waals surface area contributed by atoms with E-state index in [1.54, 1.807) is 0 Å². The number of anilines is 1. The molecule has 2 atom stereocenters. The average Bonchev–Trinajstić information content (AvgIpc) is 3.13. The quantitative estimate of drug-likeness (QED) is 0.907. The Kier molecular flexibility index (Phi) is 4.23. The normalized spacial score (nSPS) is 24.6. The molecule has 1 aromatic carbocycles. The molecule has 0 saturated heterocycles. The largest absolute Gasteiger partial charge is 0.392 e. The molecule has 0 aromatic heterocycles. The third-order valence-corrected chi connectivity index (χ3v) is 5.87. The number of alkyl halides is 3. The van der Waals surface area contributed by atoms with Gasteiger partial charge in [0.25, 0.3) is 0 Å². The fourth-order valence-electron chi connectivity index (χ4n) is 2.29. The predicted octanol–water partition coefficient (Wildman–Crippen LogP) is 2.46. The minimum absolute atomic E-state index is 0.0336. The average molecular weight is 350 g/mol. The van der Waals surface area contributed by atoms with E-state index in [9.17, 15) is 26.4 Å². The summed E-state index contributed by atoms with van der Waals surface area (Å²) >= 11 is 0. The van der Waals surface area contributed by atoms with E-state index in [1.165, 1.54) is 45.3 Å². The molecular weight excluding hydrogens is 333 g/mol. The number of benzene rings is 1. The first-order valence-corrected chi connectivity index (χ1v) is 8.24. The van der Waals surface area contributed by atoms with Crippen molar-refractivity contribution in [2.24, 2.45) is 11.3 Å². The topological polar surface area (TPSA) is 66.5 Å². The van der Waals surface area contributed by atoms with Crippen molar-refractivity contribution < 1.29 is 26.4 Å². The van der Waals surface area contributed by atoms with Gasteiger partial charge in [-0.1, -0.05) is 6.92 Å². The highest BCUT2D eigenvalue weighted by Crippen LogP contribution is 2.60. The lowest BCUT2D eigenvalue weighted by Crippen LogP contribution is -2.27. The smallest absolute Gasteiger partial charge is 0.326 e. The lowest BCUT2D eigenvalue weighted by atomic mass is 10.1. The highest BCUT2D eigenvalue weighted by molar-refractivity contribution is 7.89. The summed E-state index contributed by atoms with van der Waals surface area (Å²) < 4.78 is 62.8.